The van der Waals surface area contributed by atoms with Crippen LogP contribution in [0.1, 0.15) is 32.8 Å². The van der Waals surface area contributed by atoms with Crippen LogP contribution in [0.25, 0.3) is 0 Å². The molecule has 0 bridgehead atoms. The van der Waals surface area contributed by atoms with Gasteiger partial charge in [0.25, 0.3) is 0 Å². The topological polar surface area (TPSA) is 64.3 Å². The Hall–Kier alpha value is -1.36. The zero-order chi connectivity index (χ0) is 13.5. The van der Waals surface area contributed by atoms with E-state index in [1.54, 1.807) is 0 Å². The molecule has 0 amide bonds. The van der Waals surface area contributed by atoms with Crippen molar-refractivity contribution < 1.29 is 4.74 Å². The summed E-state index contributed by atoms with van der Waals surface area (Å²) < 4.78 is 5.55. The van der Waals surface area contributed by atoms with E-state index in [0.717, 1.165) is 30.8 Å². The quantitative estimate of drug-likeness (QED) is 0.802. The van der Waals surface area contributed by atoms with Crippen molar-refractivity contribution in [3.63, 3.8) is 0 Å². The maximum Gasteiger partial charge on any atom is 0.137 e. The van der Waals surface area contributed by atoms with Crippen molar-refractivity contribution in [1.82, 2.24) is 9.97 Å². The molecule has 0 aromatic carbocycles. The minimum atomic E-state index is 0.254. The third kappa shape index (κ3) is 4.14. The first-order chi connectivity index (χ1) is 8.56. The normalized spacial score (nSPS) is 10.9. The van der Waals surface area contributed by atoms with Gasteiger partial charge in [-0.15, -0.1) is 0 Å². The number of anilines is 2. The van der Waals surface area contributed by atoms with Crippen LogP contribution >= 0.6 is 0 Å². The molecule has 0 aliphatic heterocycles. The zero-order valence-electron chi connectivity index (χ0n) is 11.8. The smallest absolute Gasteiger partial charge is 0.137 e. The molecule has 0 saturated heterocycles. The Balaban J connectivity index is 2.71. The fourth-order valence-electron chi connectivity index (χ4n) is 1.77. The Labute approximate surface area is 109 Å². The van der Waals surface area contributed by atoms with E-state index in [2.05, 4.69) is 21.8 Å². The maximum atomic E-state index is 5.91. The van der Waals surface area contributed by atoms with Gasteiger partial charge in [-0.3, -0.25) is 0 Å². The van der Waals surface area contributed by atoms with Gasteiger partial charge >= 0.3 is 0 Å². The SMILES string of the molecule is CCCc1c(N)ncnc1N(C)CCOC(C)C. The molecule has 1 aromatic heterocycles. The summed E-state index contributed by atoms with van der Waals surface area (Å²) in [7, 11) is 2.00. The highest BCUT2D eigenvalue weighted by atomic mass is 16.5. The molecule has 5 heteroatoms. The highest BCUT2D eigenvalue weighted by molar-refractivity contribution is 5.56. The van der Waals surface area contributed by atoms with Gasteiger partial charge in [0.2, 0.25) is 0 Å². The standard InChI is InChI=1S/C13H24N4O/c1-5-6-11-12(14)15-9-16-13(11)17(4)7-8-18-10(2)3/h9-10H,5-8H2,1-4H3,(H2,14,15,16). The highest BCUT2D eigenvalue weighted by Crippen LogP contribution is 2.21. The second-order valence-corrected chi connectivity index (χ2v) is 4.65. The van der Waals surface area contributed by atoms with E-state index in [1.807, 2.05) is 20.9 Å². The number of nitrogens with zero attached hydrogens (tertiary/aromatic N) is 3. The summed E-state index contributed by atoms with van der Waals surface area (Å²) in [5.41, 5.74) is 6.95. The van der Waals surface area contributed by atoms with Crippen molar-refractivity contribution in [2.45, 2.75) is 39.7 Å². The molecule has 18 heavy (non-hydrogen) atoms. The molecule has 5 nitrogen and oxygen atoms in total. The van der Waals surface area contributed by atoms with Crippen LogP contribution in [-0.2, 0) is 11.2 Å². The number of aromatic nitrogens is 2. The average molecular weight is 252 g/mol. The summed E-state index contributed by atoms with van der Waals surface area (Å²) >= 11 is 0. The molecular weight excluding hydrogens is 228 g/mol. The van der Waals surface area contributed by atoms with Crippen molar-refractivity contribution in [2.24, 2.45) is 0 Å². The summed E-state index contributed by atoms with van der Waals surface area (Å²) in [6.45, 7) is 7.67. The van der Waals surface area contributed by atoms with E-state index in [-0.39, 0.29) is 6.10 Å². The molecule has 0 spiro atoms. The lowest BCUT2D eigenvalue weighted by atomic mass is 10.1. The van der Waals surface area contributed by atoms with Crippen LogP contribution < -0.4 is 10.6 Å². The van der Waals surface area contributed by atoms with Crippen LogP contribution in [0.4, 0.5) is 11.6 Å². The van der Waals surface area contributed by atoms with Crippen molar-refractivity contribution in [3.8, 4) is 0 Å². The minimum absolute atomic E-state index is 0.254. The summed E-state index contributed by atoms with van der Waals surface area (Å²) in [5.74, 6) is 1.50. The molecule has 102 valence electrons. The molecule has 0 unspecified atom stereocenters. The van der Waals surface area contributed by atoms with Gasteiger partial charge in [0.15, 0.2) is 0 Å². The van der Waals surface area contributed by atoms with E-state index >= 15 is 0 Å². The maximum absolute atomic E-state index is 5.91. The molecule has 1 aromatic rings. The second-order valence-electron chi connectivity index (χ2n) is 4.65. The van der Waals surface area contributed by atoms with E-state index in [9.17, 15) is 0 Å². The van der Waals surface area contributed by atoms with Crippen molar-refractivity contribution >= 4 is 11.6 Å². The number of hydrogen-bond donors (Lipinski definition) is 1. The van der Waals surface area contributed by atoms with E-state index in [0.29, 0.717) is 12.4 Å². The Bertz CT molecular complexity index is 368. The van der Waals surface area contributed by atoms with Gasteiger partial charge in [0.1, 0.15) is 18.0 Å². The average Bonchev–Trinajstić information content (AvgIpc) is 2.31. The van der Waals surface area contributed by atoms with Crippen LogP contribution in [0.15, 0.2) is 6.33 Å². The fraction of sp³-hybridized carbons (Fsp3) is 0.692. The molecule has 0 radical (unpaired) electrons. The van der Waals surface area contributed by atoms with Crippen LogP contribution in [0, 0.1) is 0 Å². The Morgan fingerprint density at radius 1 is 1.39 bits per heavy atom. The monoisotopic (exact) mass is 252 g/mol. The second kappa shape index (κ2) is 7.16. The third-order valence-electron chi connectivity index (χ3n) is 2.70. The summed E-state index contributed by atoms with van der Waals surface area (Å²) in [6, 6.07) is 0. The van der Waals surface area contributed by atoms with Crippen LogP contribution in [0.3, 0.4) is 0 Å². The molecule has 2 N–H and O–H groups in total. The van der Waals surface area contributed by atoms with Crippen molar-refractivity contribution in [2.75, 3.05) is 30.8 Å². The predicted octanol–water partition coefficient (Wildman–Crippen LogP) is 1.87. The van der Waals surface area contributed by atoms with Gasteiger partial charge in [0, 0.05) is 19.2 Å². The minimum Gasteiger partial charge on any atom is -0.383 e. The van der Waals surface area contributed by atoms with Gasteiger partial charge < -0.3 is 15.4 Å². The molecule has 0 aliphatic rings. The lowest BCUT2D eigenvalue weighted by Gasteiger charge is -2.22. The van der Waals surface area contributed by atoms with Crippen LogP contribution in [-0.4, -0.2) is 36.3 Å². The molecule has 0 fully saturated rings. The van der Waals surface area contributed by atoms with Gasteiger partial charge in [-0.05, 0) is 20.3 Å². The number of likely N-dealkylation sites (N-methyl/N-ethyl adjacent to an activating group) is 1. The van der Waals surface area contributed by atoms with Crippen molar-refractivity contribution in [1.29, 1.82) is 0 Å². The number of hydrogen-bond acceptors (Lipinski definition) is 5. The summed E-state index contributed by atoms with van der Waals surface area (Å²) in [6.07, 6.45) is 3.70. The van der Waals surface area contributed by atoms with Gasteiger partial charge in [-0.2, -0.15) is 0 Å². The molecule has 1 rings (SSSR count). The molecule has 0 aliphatic carbocycles. The zero-order valence-corrected chi connectivity index (χ0v) is 11.8. The Morgan fingerprint density at radius 2 is 2.11 bits per heavy atom. The van der Waals surface area contributed by atoms with E-state index in [4.69, 9.17) is 10.5 Å². The number of ether oxygens (including phenoxy) is 1. The summed E-state index contributed by atoms with van der Waals surface area (Å²) in [4.78, 5) is 10.5. The number of nitrogens with two attached hydrogens (primary N) is 1. The number of nitrogen functional groups attached to an aromatic ring is 1. The van der Waals surface area contributed by atoms with Crippen LogP contribution in [0.5, 0.6) is 0 Å². The first kappa shape index (κ1) is 14.7. The fourth-order valence-corrected chi connectivity index (χ4v) is 1.77. The first-order valence-corrected chi connectivity index (χ1v) is 6.48. The highest BCUT2D eigenvalue weighted by Gasteiger charge is 2.12. The van der Waals surface area contributed by atoms with Gasteiger partial charge in [0.05, 0.1) is 12.7 Å². The molecule has 0 atom stereocenters. The Kier molecular flexibility index (Phi) is 5.85. The lowest BCUT2D eigenvalue weighted by Crippen LogP contribution is -2.26. The number of rotatable bonds is 7. The molecule has 0 saturated carbocycles. The van der Waals surface area contributed by atoms with E-state index in [1.165, 1.54) is 6.33 Å². The first-order valence-electron chi connectivity index (χ1n) is 6.48. The largest absolute Gasteiger partial charge is 0.383 e. The van der Waals surface area contributed by atoms with Crippen LogP contribution in [0.2, 0.25) is 0 Å². The van der Waals surface area contributed by atoms with Gasteiger partial charge in [-0.25, -0.2) is 9.97 Å². The molecular formula is C13H24N4O. The summed E-state index contributed by atoms with van der Waals surface area (Å²) in [5, 5.41) is 0. The van der Waals surface area contributed by atoms with Crippen molar-refractivity contribution in [3.05, 3.63) is 11.9 Å². The Morgan fingerprint density at radius 3 is 2.72 bits per heavy atom. The predicted molar refractivity (Wildman–Crippen MR) is 74.8 cm³/mol. The van der Waals surface area contributed by atoms with Gasteiger partial charge in [-0.1, -0.05) is 13.3 Å². The lowest BCUT2D eigenvalue weighted by molar-refractivity contribution is 0.0845. The third-order valence-corrected chi connectivity index (χ3v) is 2.70. The van der Waals surface area contributed by atoms with E-state index < -0.39 is 0 Å². The molecule has 1 heterocycles.